The van der Waals surface area contributed by atoms with E-state index in [0.717, 1.165) is 42.9 Å². The number of hydrogen-bond donors (Lipinski definition) is 2. The van der Waals surface area contributed by atoms with Crippen molar-refractivity contribution in [3.8, 4) is 16.8 Å². The number of benzene rings is 2. The number of nitrogens with zero attached hydrogens (tertiary/aromatic N) is 3. The molecule has 30 heavy (non-hydrogen) atoms. The largest absolute Gasteiger partial charge is 0.350 e. The number of nitrogens with one attached hydrogen (secondary N) is 2. The predicted molar refractivity (Wildman–Crippen MR) is 121 cm³/mol. The lowest BCUT2D eigenvalue weighted by Gasteiger charge is -2.34. The van der Waals surface area contributed by atoms with Crippen molar-refractivity contribution in [1.29, 1.82) is 0 Å². The van der Waals surface area contributed by atoms with Crippen LogP contribution < -0.4 is 10.6 Å². The molecule has 0 radical (unpaired) electrons. The summed E-state index contributed by atoms with van der Waals surface area (Å²) in [6.07, 6.45) is 2.12. The summed E-state index contributed by atoms with van der Waals surface area (Å²) in [6.45, 7) is 6.77. The topological polar surface area (TPSA) is 71.8 Å². The van der Waals surface area contributed by atoms with E-state index in [-0.39, 0.29) is 23.7 Å². The van der Waals surface area contributed by atoms with Gasteiger partial charge in [-0.2, -0.15) is 0 Å². The Bertz CT molecular complexity index is 979. The highest BCUT2D eigenvalue weighted by atomic mass is 35.5. The Morgan fingerprint density at radius 3 is 2.37 bits per heavy atom. The van der Waals surface area contributed by atoms with Crippen LogP contribution in [0.15, 0.2) is 54.6 Å². The van der Waals surface area contributed by atoms with Crippen LogP contribution in [0.2, 0.25) is 0 Å². The number of piperidine rings is 1. The van der Waals surface area contributed by atoms with Gasteiger partial charge < -0.3 is 10.6 Å². The molecule has 2 heterocycles. The van der Waals surface area contributed by atoms with Crippen molar-refractivity contribution in [3.05, 3.63) is 66.0 Å². The summed E-state index contributed by atoms with van der Waals surface area (Å²) in [5.41, 5.74) is 4.46. The van der Waals surface area contributed by atoms with Gasteiger partial charge in [-0.15, -0.1) is 17.5 Å². The Morgan fingerprint density at radius 1 is 1.07 bits per heavy atom. The van der Waals surface area contributed by atoms with Gasteiger partial charge in [0.25, 0.3) is 5.91 Å². The van der Waals surface area contributed by atoms with Crippen LogP contribution in [0.5, 0.6) is 0 Å². The molecule has 4 rings (SSSR count). The van der Waals surface area contributed by atoms with E-state index in [4.69, 9.17) is 0 Å². The van der Waals surface area contributed by atoms with Crippen LogP contribution in [0.3, 0.4) is 0 Å². The molecule has 0 spiro atoms. The zero-order chi connectivity index (χ0) is 20.3. The van der Waals surface area contributed by atoms with Crippen LogP contribution >= 0.6 is 12.4 Å². The first-order valence-electron chi connectivity index (χ1n) is 10.1. The molecule has 0 unspecified atom stereocenters. The molecule has 0 atom stereocenters. The Morgan fingerprint density at radius 2 is 1.70 bits per heavy atom. The standard InChI is InChI=1S/C23H27N5O.ClH/c1-17-21(22(29)25-16-23(2)12-14-24-15-13-23)26-27-28(17)20-10-8-19(9-11-20)18-6-4-3-5-7-18;/h3-11,24H,12-16H2,1-2H3,(H,25,29);1H. The second-order valence-corrected chi connectivity index (χ2v) is 8.09. The number of halogens is 1. The van der Waals surface area contributed by atoms with E-state index in [0.29, 0.717) is 12.2 Å². The molecular weight excluding hydrogens is 398 g/mol. The Hall–Kier alpha value is -2.70. The zero-order valence-electron chi connectivity index (χ0n) is 17.4. The highest BCUT2D eigenvalue weighted by Crippen LogP contribution is 2.27. The second-order valence-electron chi connectivity index (χ2n) is 8.09. The van der Waals surface area contributed by atoms with E-state index in [9.17, 15) is 4.79 Å². The first kappa shape index (κ1) is 22.0. The molecule has 1 amide bonds. The van der Waals surface area contributed by atoms with Gasteiger partial charge in [0.1, 0.15) is 0 Å². The fourth-order valence-electron chi connectivity index (χ4n) is 3.79. The van der Waals surface area contributed by atoms with E-state index in [1.807, 2.05) is 37.3 Å². The summed E-state index contributed by atoms with van der Waals surface area (Å²) >= 11 is 0. The van der Waals surface area contributed by atoms with Crippen molar-refractivity contribution < 1.29 is 4.79 Å². The zero-order valence-corrected chi connectivity index (χ0v) is 18.2. The van der Waals surface area contributed by atoms with Crippen molar-refractivity contribution in [2.24, 2.45) is 5.41 Å². The highest BCUT2D eigenvalue weighted by molar-refractivity contribution is 5.93. The third-order valence-electron chi connectivity index (χ3n) is 5.82. The van der Waals surface area contributed by atoms with Gasteiger partial charge in [-0.25, -0.2) is 4.68 Å². The lowest BCUT2D eigenvalue weighted by Crippen LogP contribution is -2.43. The monoisotopic (exact) mass is 425 g/mol. The molecule has 1 aromatic heterocycles. The molecule has 0 aliphatic carbocycles. The third-order valence-corrected chi connectivity index (χ3v) is 5.82. The number of aromatic nitrogens is 3. The van der Waals surface area contributed by atoms with Gasteiger partial charge in [-0.3, -0.25) is 4.79 Å². The minimum absolute atomic E-state index is 0. The summed E-state index contributed by atoms with van der Waals surface area (Å²) in [6, 6.07) is 18.4. The molecule has 7 heteroatoms. The minimum atomic E-state index is -0.158. The smallest absolute Gasteiger partial charge is 0.273 e. The number of amides is 1. The molecule has 2 N–H and O–H groups in total. The fraction of sp³-hybridized carbons (Fsp3) is 0.348. The van der Waals surface area contributed by atoms with Crippen molar-refractivity contribution in [1.82, 2.24) is 25.6 Å². The fourth-order valence-corrected chi connectivity index (χ4v) is 3.79. The summed E-state index contributed by atoms with van der Waals surface area (Å²) in [5, 5.41) is 14.8. The van der Waals surface area contributed by atoms with Gasteiger partial charge in [-0.05, 0) is 61.5 Å². The Kier molecular flexibility index (Phi) is 6.90. The average Bonchev–Trinajstić information content (AvgIpc) is 3.15. The lowest BCUT2D eigenvalue weighted by atomic mass is 9.81. The van der Waals surface area contributed by atoms with Crippen molar-refractivity contribution in [3.63, 3.8) is 0 Å². The predicted octanol–water partition coefficient (Wildman–Crippen LogP) is 3.78. The van der Waals surface area contributed by atoms with Crippen molar-refractivity contribution in [2.45, 2.75) is 26.7 Å². The summed E-state index contributed by atoms with van der Waals surface area (Å²) in [5.74, 6) is -0.158. The van der Waals surface area contributed by atoms with Crippen LogP contribution in [0, 0.1) is 12.3 Å². The number of rotatable bonds is 5. The molecule has 0 saturated carbocycles. The summed E-state index contributed by atoms with van der Waals surface area (Å²) < 4.78 is 1.72. The lowest BCUT2D eigenvalue weighted by molar-refractivity contribution is 0.0916. The quantitative estimate of drug-likeness (QED) is 0.652. The molecular formula is C23H28ClN5O. The van der Waals surface area contributed by atoms with Gasteiger partial charge in [0.05, 0.1) is 11.4 Å². The molecule has 2 aromatic carbocycles. The van der Waals surface area contributed by atoms with E-state index in [2.05, 4.69) is 52.1 Å². The molecule has 6 nitrogen and oxygen atoms in total. The van der Waals surface area contributed by atoms with Crippen molar-refractivity contribution in [2.75, 3.05) is 19.6 Å². The normalized spacial score (nSPS) is 15.3. The molecule has 1 aliphatic rings. The first-order chi connectivity index (χ1) is 14.1. The average molecular weight is 426 g/mol. The van der Waals surface area contributed by atoms with Gasteiger partial charge in [0.15, 0.2) is 5.69 Å². The Labute approximate surface area is 183 Å². The van der Waals surface area contributed by atoms with Crippen LogP contribution in [-0.2, 0) is 0 Å². The number of carbonyl (C=O) groups is 1. The maximum atomic E-state index is 12.7. The van der Waals surface area contributed by atoms with E-state index < -0.39 is 0 Å². The van der Waals surface area contributed by atoms with Crippen LogP contribution in [0.4, 0.5) is 0 Å². The number of hydrogen-bond acceptors (Lipinski definition) is 4. The molecule has 1 aliphatic heterocycles. The summed E-state index contributed by atoms with van der Waals surface area (Å²) in [7, 11) is 0. The number of carbonyl (C=O) groups excluding carboxylic acids is 1. The molecule has 3 aromatic rings. The molecule has 1 fully saturated rings. The van der Waals surface area contributed by atoms with E-state index in [1.54, 1.807) is 4.68 Å². The van der Waals surface area contributed by atoms with Crippen molar-refractivity contribution >= 4 is 18.3 Å². The summed E-state index contributed by atoms with van der Waals surface area (Å²) in [4.78, 5) is 12.7. The van der Waals surface area contributed by atoms with Crippen LogP contribution in [-0.4, -0.2) is 40.5 Å². The second kappa shape index (κ2) is 9.41. The van der Waals surface area contributed by atoms with Gasteiger partial charge in [-0.1, -0.05) is 54.6 Å². The van der Waals surface area contributed by atoms with Gasteiger partial charge in [0.2, 0.25) is 0 Å². The third kappa shape index (κ3) is 4.71. The maximum Gasteiger partial charge on any atom is 0.273 e. The van der Waals surface area contributed by atoms with E-state index in [1.165, 1.54) is 5.56 Å². The Balaban J connectivity index is 0.00000256. The van der Waals surface area contributed by atoms with Gasteiger partial charge in [0, 0.05) is 6.54 Å². The molecule has 0 bridgehead atoms. The molecule has 1 saturated heterocycles. The maximum absolute atomic E-state index is 12.7. The highest BCUT2D eigenvalue weighted by Gasteiger charge is 2.28. The molecule has 158 valence electrons. The first-order valence-corrected chi connectivity index (χ1v) is 10.1. The SMILES string of the molecule is Cc1c(C(=O)NCC2(C)CCNCC2)nnn1-c1ccc(-c2ccccc2)cc1.Cl. The van der Waals surface area contributed by atoms with Crippen LogP contribution in [0.1, 0.15) is 35.9 Å². The minimum Gasteiger partial charge on any atom is -0.350 e. The van der Waals surface area contributed by atoms with Gasteiger partial charge >= 0.3 is 0 Å². The van der Waals surface area contributed by atoms with Crippen LogP contribution in [0.25, 0.3) is 16.8 Å². The van der Waals surface area contributed by atoms with E-state index >= 15 is 0 Å².